The van der Waals surface area contributed by atoms with Gasteiger partial charge in [-0.1, -0.05) is 5.10 Å². The van der Waals surface area contributed by atoms with Crippen LogP contribution in [0.25, 0.3) is 0 Å². The highest BCUT2D eigenvalue weighted by Gasteiger charge is 2.19. The zero-order valence-corrected chi connectivity index (χ0v) is 16.4. The number of carbonyl (C=O) groups excluding carboxylic acids is 1. The van der Waals surface area contributed by atoms with Gasteiger partial charge < -0.3 is 14.2 Å². The summed E-state index contributed by atoms with van der Waals surface area (Å²) >= 11 is 5.11. The van der Waals surface area contributed by atoms with E-state index in [1.165, 1.54) is 4.80 Å². The van der Waals surface area contributed by atoms with Gasteiger partial charge in [0.05, 0.1) is 26.9 Å². The van der Waals surface area contributed by atoms with Crippen molar-refractivity contribution < 1.29 is 19.0 Å². The monoisotopic (exact) mass is 394 g/mol. The Balaban J connectivity index is 2.21. The minimum absolute atomic E-state index is 0.0396. The van der Waals surface area contributed by atoms with Gasteiger partial charge in [0.1, 0.15) is 0 Å². The van der Waals surface area contributed by atoms with Crippen molar-refractivity contribution in [2.24, 2.45) is 7.05 Å². The van der Waals surface area contributed by atoms with Gasteiger partial charge in [-0.2, -0.15) is 4.80 Å². The van der Waals surface area contributed by atoms with Crippen LogP contribution in [0.15, 0.2) is 12.1 Å². The number of aromatic nitrogens is 4. The fourth-order valence-corrected chi connectivity index (χ4v) is 2.35. The Labute approximate surface area is 162 Å². The molecular weight excluding hydrogens is 372 g/mol. The molecule has 10 nitrogen and oxygen atoms in total. The van der Waals surface area contributed by atoms with E-state index in [9.17, 15) is 4.79 Å². The minimum atomic E-state index is -0.443. The molecule has 0 spiro atoms. The van der Waals surface area contributed by atoms with Gasteiger partial charge in [-0.05, 0) is 50.3 Å². The Hall–Kier alpha value is -2.95. The summed E-state index contributed by atoms with van der Waals surface area (Å²) in [5.74, 6) is 1.04. The lowest BCUT2D eigenvalue weighted by Gasteiger charge is -2.17. The van der Waals surface area contributed by atoms with Crippen LogP contribution in [0.5, 0.6) is 17.2 Å². The molecular formula is C16H22N6O4S. The van der Waals surface area contributed by atoms with Crippen LogP contribution in [0.1, 0.15) is 31.1 Å². The lowest BCUT2D eigenvalue weighted by molar-refractivity contribution is 0.0976. The number of hydrogen-bond acceptors (Lipinski definition) is 8. The van der Waals surface area contributed by atoms with E-state index in [1.807, 2.05) is 20.8 Å². The van der Waals surface area contributed by atoms with Gasteiger partial charge in [0, 0.05) is 5.56 Å². The van der Waals surface area contributed by atoms with Gasteiger partial charge in [0.25, 0.3) is 11.9 Å². The number of rotatable bonds is 8. The molecule has 2 N–H and O–H groups in total. The van der Waals surface area contributed by atoms with E-state index in [0.717, 1.165) is 0 Å². The summed E-state index contributed by atoms with van der Waals surface area (Å²) in [5, 5.41) is 16.6. The summed E-state index contributed by atoms with van der Waals surface area (Å²) < 4.78 is 16.8. The number of amides is 1. The molecule has 2 aromatic rings. The second-order valence-electron chi connectivity index (χ2n) is 5.11. The average molecular weight is 394 g/mol. The first kappa shape index (κ1) is 20.4. The Kier molecular flexibility index (Phi) is 7.29. The molecule has 0 saturated heterocycles. The van der Waals surface area contributed by atoms with Crippen molar-refractivity contribution in [1.29, 1.82) is 0 Å². The first-order chi connectivity index (χ1) is 13.0. The molecule has 0 atom stereocenters. The second-order valence-corrected chi connectivity index (χ2v) is 5.52. The molecule has 0 bridgehead atoms. The number of ether oxygens (including phenoxy) is 3. The van der Waals surface area contributed by atoms with Crippen molar-refractivity contribution >= 4 is 29.2 Å². The lowest BCUT2D eigenvalue weighted by atomic mass is 10.1. The normalized spacial score (nSPS) is 10.2. The van der Waals surface area contributed by atoms with Gasteiger partial charge in [0.15, 0.2) is 16.6 Å². The zero-order valence-electron chi connectivity index (χ0n) is 15.6. The van der Waals surface area contributed by atoms with E-state index in [-0.39, 0.29) is 11.1 Å². The molecule has 11 heteroatoms. The van der Waals surface area contributed by atoms with Crippen molar-refractivity contribution in [2.75, 3.05) is 25.1 Å². The Morgan fingerprint density at radius 1 is 1.11 bits per heavy atom. The molecule has 1 amide bonds. The van der Waals surface area contributed by atoms with E-state index in [2.05, 4.69) is 26.0 Å². The second kappa shape index (κ2) is 9.67. The van der Waals surface area contributed by atoms with E-state index < -0.39 is 5.91 Å². The Morgan fingerprint density at radius 2 is 1.70 bits per heavy atom. The van der Waals surface area contributed by atoms with E-state index >= 15 is 0 Å². The maximum atomic E-state index is 12.6. The van der Waals surface area contributed by atoms with Gasteiger partial charge in [-0.25, -0.2) is 0 Å². The molecule has 27 heavy (non-hydrogen) atoms. The first-order valence-corrected chi connectivity index (χ1v) is 8.82. The van der Waals surface area contributed by atoms with Gasteiger partial charge in [0.2, 0.25) is 5.75 Å². The fraction of sp³-hybridized carbons (Fsp3) is 0.438. The fourth-order valence-electron chi connectivity index (χ4n) is 2.16. The maximum absolute atomic E-state index is 12.6. The van der Waals surface area contributed by atoms with Crippen molar-refractivity contribution in [1.82, 2.24) is 25.5 Å². The third-order valence-corrected chi connectivity index (χ3v) is 3.34. The summed E-state index contributed by atoms with van der Waals surface area (Å²) in [6, 6.07) is 3.16. The summed E-state index contributed by atoms with van der Waals surface area (Å²) in [5.41, 5.74) is 0.307. The number of hydrogen-bond donors (Lipinski definition) is 2. The molecule has 146 valence electrons. The molecule has 0 fully saturated rings. The molecule has 2 rings (SSSR count). The van der Waals surface area contributed by atoms with E-state index in [4.69, 9.17) is 26.4 Å². The Bertz CT molecular complexity index is 783. The number of nitrogens with one attached hydrogen (secondary N) is 2. The maximum Gasteiger partial charge on any atom is 0.269 e. The van der Waals surface area contributed by atoms with Crippen LogP contribution in [0, 0.1) is 0 Å². The largest absolute Gasteiger partial charge is 0.490 e. The number of aryl methyl sites for hydroxylation is 1. The third kappa shape index (κ3) is 5.51. The summed E-state index contributed by atoms with van der Waals surface area (Å²) in [4.78, 5) is 13.8. The standard InChI is InChI=1S/C16H22N6O4S/c1-5-24-11-8-10(9-12(25-6-2)13(11)26-7-3)14(23)17-16(27)18-15-19-21-22(4)20-15/h8-9H,5-7H2,1-4H3,(H2,17,18,20,23,27). The highest BCUT2D eigenvalue weighted by molar-refractivity contribution is 7.80. The molecule has 0 aliphatic heterocycles. The summed E-state index contributed by atoms with van der Waals surface area (Å²) in [7, 11) is 1.62. The number of nitrogens with zero attached hydrogens (tertiary/aromatic N) is 4. The molecule has 0 aliphatic rings. The number of carbonyl (C=O) groups is 1. The first-order valence-electron chi connectivity index (χ1n) is 8.41. The molecule has 1 aromatic heterocycles. The highest BCUT2D eigenvalue weighted by Crippen LogP contribution is 2.39. The number of benzene rings is 1. The molecule has 1 heterocycles. The summed E-state index contributed by atoms with van der Waals surface area (Å²) in [6.07, 6.45) is 0. The predicted molar refractivity (Wildman–Crippen MR) is 102 cm³/mol. The molecule has 0 aliphatic carbocycles. The smallest absolute Gasteiger partial charge is 0.269 e. The van der Waals surface area contributed by atoms with Crippen LogP contribution >= 0.6 is 12.2 Å². The van der Waals surface area contributed by atoms with Crippen molar-refractivity contribution in [3.05, 3.63) is 17.7 Å². The highest BCUT2D eigenvalue weighted by atomic mass is 32.1. The quantitative estimate of drug-likeness (QED) is 0.644. The minimum Gasteiger partial charge on any atom is -0.490 e. The van der Waals surface area contributed by atoms with Gasteiger partial charge >= 0.3 is 0 Å². The van der Waals surface area contributed by atoms with E-state index in [1.54, 1.807) is 19.2 Å². The zero-order chi connectivity index (χ0) is 19.8. The molecule has 1 aromatic carbocycles. The van der Waals surface area contributed by atoms with Crippen LogP contribution < -0.4 is 24.8 Å². The summed E-state index contributed by atoms with van der Waals surface area (Å²) in [6.45, 7) is 6.80. The average Bonchev–Trinajstić information content (AvgIpc) is 3.02. The van der Waals surface area contributed by atoms with Gasteiger partial charge in [-0.15, -0.1) is 5.10 Å². The van der Waals surface area contributed by atoms with Gasteiger partial charge in [-0.3, -0.25) is 15.4 Å². The van der Waals surface area contributed by atoms with Crippen LogP contribution in [0.2, 0.25) is 0 Å². The number of thiocarbonyl (C=S) groups is 1. The molecule has 0 radical (unpaired) electrons. The van der Waals surface area contributed by atoms with Crippen LogP contribution in [-0.2, 0) is 7.05 Å². The molecule has 0 unspecified atom stereocenters. The van der Waals surface area contributed by atoms with Crippen LogP contribution in [0.4, 0.5) is 5.95 Å². The van der Waals surface area contributed by atoms with Crippen molar-refractivity contribution in [2.45, 2.75) is 20.8 Å². The predicted octanol–water partition coefficient (Wildman–Crippen LogP) is 1.53. The number of tetrazole rings is 1. The number of anilines is 1. The Morgan fingerprint density at radius 3 is 2.19 bits per heavy atom. The van der Waals surface area contributed by atoms with E-state index in [0.29, 0.717) is 42.6 Å². The molecule has 0 saturated carbocycles. The van der Waals surface area contributed by atoms with Crippen LogP contribution in [0.3, 0.4) is 0 Å². The van der Waals surface area contributed by atoms with Crippen LogP contribution in [-0.4, -0.2) is 51.0 Å². The van der Waals surface area contributed by atoms with Crippen molar-refractivity contribution in [3.8, 4) is 17.2 Å². The van der Waals surface area contributed by atoms with Crippen molar-refractivity contribution in [3.63, 3.8) is 0 Å². The third-order valence-electron chi connectivity index (χ3n) is 3.13. The lowest BCUT2D eigenvalue weighted by Crippen LogP contribution is -2.34. The topological polar surface area (TPSA) is 112 Å². The SMILES string of the molecule is CCOc1cc(C(=O)NC(=S)Nc2nnn(C)n2)cc(OCC)c1OCC.